The van der Waals surface area contributed by atoms with Gasteiger partial charge in [-0.05, 0) is 48.5 Å². The summed E-state index contributed by atoms with van der Waals surface area (Å²) in [6, 6.07) is 22.5. The van der Waals surface area contributed by atoms with Crippen LogP contribution in [0.3, 0.4) is 0 Å². The summed E-state index contributed by atoms with van der Waals surface area (Å²) in [5, 5.41) is 0. The molecule has 0 aliphatic rings. The van der Waals surface area contributed by atoms with Crippen LogP contribution < -0.4 is 0 Å². The number of pyridine rings is 2. The lowest BCUT2D eigenvalue weighted by molar-refractivity contribution is 0.667. The van der Waals surface area contributed by atoms with Crippen molar-refractivity contribution in [2.45, 2.75) is 0 Å². The summed E-state index contributed by atoms with van der Waals surface area (Å²) in [6.45, 7) is 0. The molecule has 7 rings (SSSR count). The van der Waals surface area contributed by atoms with Crippen LogP contribution in [-0.4, -0.2) is 19.4 Å². The first-order valence-corrected chi connectivity index (χ1v) is 10.1. The molecule has 0 aliphatic heterocycles. The van der Waals surface area contributed by atoms with Gasteiger partial charge in [0.1, 0.15) is 11.0 Å². The van der Waals surface area contributed by atoms with Gasteiger partial charge in [0.15, 0.2) is 16.1 Å². The highest BCUT2D eigenvalue weighted by atomic mass is 32.1. The molecule has 2 aromatic carbocycles. The first-order valence-electron chi connectivity index (χ1n) is 9.29. The third kappa shape index (κ3) is 2.06. The van der Waals surface area contributed by atoms with Crippen molar-refractivity contribution in [3.8, 4) is 11.3 Å². The minimum absolute atomic E-state index is 0.752. The van der Waals surface area contributed by atoms with Crippen molar-refractivity contribution >= 4 is 59.7 Å². The fraction of sp³-hybridized carbons (Fsp3) is 0. The van der Waals surface area contributed by atoms with Gasteiger partial charge in [0.2, 0.25) is 0 Å². The van der Waals surface area contributed by atoms with E-state index in [-0.39, 0.29) is 0 Å². The highest BCUT2D eigenvalue weighted by molar-refractivity contribution is 7.23. The quantitative estimate of drug-likeness (QED) is 0.341. The SMILES string of the molecule is c1ccc2c(c1)nc1sc3ccc(-c4ccc5oc6cccnc6c5n4)cc3n12. The average Bonchev–Trinajstić information content (AvgIpc) is 3.42. The molecule has 0 fully saturated rings. The maximum absolute atomic E-state index is 5.86. The predicted octanol–water partition coefficient (Wildman–Crippen LogP) is 6.06. The number of nitrogens with zero attached hydrogens (tertiary/aromatic N) is 4. The number of hydrogen-bond acceptors (Lipinski definition) is 5. The molecule has 5 heterocycles. The van der Waals surface area contributed by atoms with Crippen LogP contribution in [0.5, 0.6) is 0 Å². The van der Waals surface area contributed by atoms with Gasteiger partial charge in [-0.1, -0.05) is 29.5 Å². The Morgan fingerprint density at radius 1 is 0.793 bits per heavy atom. The lowest BCUT2D eigenvalue weighted by Gasteiger charge is -2.02. The molecule has 0 atom stereocenters. The van der Waals surface area contributed by atoms with Crippen molar-refractivity contribution in [1.29, 1.82) is 0 Å². The van der Waals surface area contributed by atoms with Crippen molar-refractivity contribution in [2.75, 3.05) is 0 Å². The van der Waals surface area contributed by atoms with Gasteiger partial charge < -0.3 is 4.42 Å². The molecule has 0 N–H and O–H groups in total. The van der Waals surface area contributed by atoms with Crippen molar-refractivity contribution in [3.05, 3.63) is 72.9 Å². The Kier molecular flexibility index (Phi) is 2.83. The van der Waals surface area contributed by atoms with Crippen molar-refractivity contribution in [2.24, 2.45) is 0 Å². The molecule has 0 amide bonds. The smallest absolute Gasteiger partial charge is 0.195 e. The fourth-order valence-electron chi connectivity index (χ4n) is 3.97. The molecule has 5 aromatic heterocycles. The first-order chi connectivity index (χ1) is 14.3. The number of imidazole rings is 1. The number of aromatic nitrogens is 4. The molecule has 0 radical (unpaired) electrons. The Morgan fingerprint density at radius 3 is 2.72 bits per heavy atom. The molecule has 0 saturated heterocycles. The normalized spacial score (nSPS) is 12.1. The number of fused-ring (bicyclic) bond motifs is 8. The fourth-order valence-corrected chi connectivity index (χ4v) is 4.99. The van der Waals surface area contributed by atoms with Crippen molar-refractivity contribution < 1.29 is 4.42 Å². The van der Waals surface area contributed by atoms with E-state index in [0.717, 1.165) is 55.0 Å². The summed E-state index contributed by atoms with van der Waals surface area (Å²) in [5.74, 6) is 0. The van der Waals surface area contributed by atoms with Crippen LogP contribution in [-0.2, 0) is 0 Å². The monoisotopic (exact) mass is 392 g/mol. The molecule has 136 valence electrons. The van der Waals surface area contributed by atoms with Gasteiger partial charge in [-0.15, -0.1) is 0 Å². The molecule has 0 bridgehead atoms. The Morgan fingerprint density at radius 2 is 1.72 bits per heavy atom. The second kappa shape index (κ2) is 5.40. The van der Waals surface area contributed by atoms with E-state index in [1.165, 1.54) is 4.70 Å². The van der Waals surface area contributed by atoms with E-state index in [0.29, 0.717) is 0 Å². The molecular weight excluding hydrogens is 380 g/mol. The Balaban J connectivity index is 1.50. The van der Waals surface area contributed by atoms with E-state index in [1.807, 2.05) is 30.3 Å². The van der Waals surface area contributed by atoms with Crippen LogP contribution in [0.1, 0.15) is 0 Å². The van der Waals surface area contributed by atoms with E-state index in [4.69, 9.17) is 14.4 Å². The van der Waals surface area contributed by atoms with Gasteiger partial charge in [0.05, 0.1) is 26.9 Å². The van der Waals surface area contributed by atoms with E-state index in [1.54, 1.807) is 17.5 Å². The molecule has 5 nitrogen and oxygen atoms in total. The zero-order chi connectivity index (χ0) is 18.9. The molecule has 7 aromatic rings. The van der Waals surface area contributed by atoms with Gasteiger partial charge in [0.25, 0.3) is 0 Å². The molecule has 6 heteroatoms. The molecular formula is C23H12N4OS. The number of benzene rings is 2. The zero-order valence-corrected chi connectivity index (χ0v) is 15.9. The number of furan rings is 1. The number of thiazole rings is 1. The predicted molar refractivity (Wildman–Crippen MR) is 116 cm³/mol. The molecule has 0 unspecified atom stereocenters. The Hall–Kier alpha value is -3.77. The first kappa shape index (κ1) is 15.2. The van der Waals surface area contributed by atoms with Crippen LogP contribution in [0.15, 0.2) is 77.3 Å². The van der Waals surface area contributed by atoms with Gasteiger partial charge in [-0.25, -0.2) is 9.97 Å². The maximum Gasteiger partial charge on any atom is 0.195 e. The Bertz CT molecular complexity index is 1720. The number of rotatable bonds is 1. The standard InChI is InChI=1S/C23H12N4OS/c1-2-5-16-15(4-1)26-23-27(16)17-12-13(7-10-20(17)29-23)14-8-9-19-22(25-14)21-18(28-19)6-3-11-24-21/h1-12H. The van der Waals surface area contributed by atoms with Crippen LogP contribution in [0, 0.1) is 0 Å². The Labute approximate surface area is 167 Å². The minimum atomic E-state index is 0.752. The third-order valence-corrected chi connectivity index (χ3v) is 6.32. The second-order valence-corrected chi connectivity index (χ2v) is 8.01. The highest BCUT2D eigenvalue weighted by Crippen LogP contribution is 2.34. The van der Waals surface area contributed by atoms with Crippen molar-refractivity contribution in [3.63, 3.8) is 0 Å². The summed E-state index contributed by atoms with van der Waals surface area (Å²) in [6.07, 6.45) is 1.77. The van der Waals surface area contributed by atoms with Crippen molar-refractivity contribution in [1.82, 2.24) is 19.4 Å². The van der Waals surface area contributed by atoms with Gasteiger partial charge in [-0.2, -0.15) is 0 Å². The van der Waals surface area contributed by atoms with Gasteiger partial charge in [-0.3, -0.25) is 9.38 Å². The molecule has 0 spiro atoms. The number of hydrogen-bond donors (Lipinski definition) is 0. The van der Waals surface area contributed by atoms with Gasteiger partial charge in [0, 0.05) is 11.8 Å². The van der Waals surface area contributed by atoms with Crippen LogP contribution in [0.25, 0.3) is 59.7 Å². The van der Waals surface area contributed by atoms with E-state index < -0.39 is 0 Å². The lowest BCUT2D eigenvalue weighted by atomic mass is 10.1. The van der Waals surface area contributed by atoms with Crippen LogP contribution in [0.2, 0.25) is 0 Å². The molecule has 0 aliphatic carbocycles. The topological polar surface area (TPSA) is 56.2 Å². The largest absolute Gasteiger partial charge is 0.453 e. The van der Waals surface area contributed by atoms with E-state index >= 15 is 0 Å². The minimum Gasteiger partial charge on any atom is -0.453 e. The summed E-state index contributed by atoms with van der Waals surface area (Å²) in [5.41, 5.74) is 8.34. The van der Waals surface area contributed by atoms with Crippen LogP contribution in [0.4, 0.5) is 0 Å². The van der Waals surface area contributed by atoms with E-state index in [2.05, 4.69) is 45.8 Å². The average molecular weight is 392 g/mol. The zero-order valence-electron chi connectivity index (χ0n) is 15.0. The summed E-state index contributed by atoms with van der Waals surface area (Å²) >= 11 is 1.70. The second-order valence-electron chi connectivity index (χ2n) is 7.00. The van der Waals surface area contributed by atoms with E-state index in [9.17, 15) is 0 Å². The molecule has 29 heavy (non-hydrogen) atoms. The summed E-state index contributed by atoms with van der Waals surface area (Å²) in [7, 11) is 0. The highest BCUT2D eigenvalue weighted by Gasteiger charge is 2.14. The maximum atomic E-state index is 5.86. The number of para-hydroxylation sites is 2. The summed E-state index contributed by atoms with van der Waals surface area (Å²) < 4.78 is 9.30. The van der Waals surface area contributed by atoms with Gasteiger partial charge >= 0.3 is 0 Å². The summed E-state index contributed by atoms with van der Waals surface area (Å²) in [4.78, 5) is 15.1. The lowest BCUT2D eigenvalue weighted by Crippen LogP contribution is -1.86. The molecule has 0 saturated carbocycles. The van der Waals surface area contributed by atoms with Crippen LogP contribution >= 0.6 is 11.3 Å². The third-order valence-electron chi connectivity index (χ3n) is 5.30.